The van der Waals surface area contributed by atoms with Crippen molar-refractivity contribution in [3.63, 3.8) is 0 Å². The molecule has 9 aromatic carbocycles. The molecule has 1 spiro atoms. The molecular weight excluding hydrogens is 751 g/mol. The van der Waals surface area contributed by atoms with E-state index in [-0.39, 0.29) is 5.41 Å². The average molecular weight is 796 g/mol. The lowest BCUT2D eigenvalue weighted by Gasteiger charge is -2.37. The van der Waals surface area contributed by atoms with E-state index in [2.05, 4.69) is 239 Å². The van der Waals surface area contributed by atoms with Gasteiger partial charge in [0.1, 0.15) is 0 Å². The molecule has 0 unspecified atom stereocenters. The van der Waals surface area contributed by atoms with Crippen LogP contribution in [0.2, 0.25) is 0 Å². The molecule has 1 heterocycles. The minimum absolute atomic E-state index is 0.162. The number of hydrogen-bond donors (Lipinski definition) is 0. The van der Waals surface area contributed by atoms with Crippen molar-refractivity contribution in [1.29, 1.82) is 0 Å². The summed E-state index contributed by atoms with van der Waals surface area (Å²) in [7, 11) is 0. The highest BCUT2D eigenvalue weighted by atomic mass is 15.2. The molecule has 0 N–H and O–H groups in total. The van der Waals surface area contributed by atoms with Gasteiger partial charge in [-0.3, -0.25) is 0 Å². The Bertz CT molecular complexity index is 3190. The van der Waals surface area contributed by atoms with Crippen LogP contribution in [0.5, 0.6) is 0 Å². The van der Waals surface area contributed by atoms with Gasteiger partial charge in [-0.05, 0) is 150 Å². The molecule has 0 fully saturated rings. The number of nitrogens with zero attached hydrogens (tertiary/aromatic N) is 3. The maximum absolute atomic E-state index is 2.55. The first kappa shape index (κ1) is 36.2. The fourth-order valence-electron chi connectivity index (χ4n) is 10.9. The molecular formula is C59H45N3. The summed E-state index contributed by atoms with van der Waals surface area (Å²) in [4.78, 5) is 5.03. The first-order valence-electron chi connectivity index (χ1n) is 21.9. The van der Waals surface area contributed by atoms with Crippen molar-refractivity contribution in [2.24, 2.45) is 0 Å². The number of benzene rings is 9. The molecule has 2 aliphatic rings. The highest BCUT2D eigenvalue weighted by Gasteiger charge is 2.49. The molecule has 0 amide bonds. The Labute approximate surface area is 363 Å². The normalized spacial score (nSPS) is 15.2. The van der Waals surface area contributed by atoms with Gasteiger partial charge < -0.3 is 14.4 Å². The van der Waals surface area contributed by atoms with E-state index in [9.17, 15) is 0 Å². The molecule has 0 saturated heterocycles. The van der Waals surface area contributed by atoms with Crippen LogP contribution in [0.4, 0.5) is 34.1 Å². The Morgan fingerprint density at radius 1 is 0.355 bits per heavy atom. The van der Waals surface area contributed by atoms with Crippen LogP contribution in [0.3, 0.4) is 0 Å². The lowest BCUT2D eigenvalue weighted by molar-refractivity contribution is 0.508. The Hall–Kier alpha value is -7.62. The molecule has 1 aromatic heterocycles. The van der Waals surface area contributed by atoms with Crippen LogP contribution in [0.25, 0.3) is 38.6 Å². The van der Waals surface area contributed by atoms with Gasteiger partial charge in [0.2, 0.25) is 0 Å². The van der Waals surface area contributed by atoms with E-state index >= 15 is 0 Å². The summed E-state index contributed by atoms with van der Waals surface area (Å²) in [5, 5.41) is 2.48. The van der Waals surface area contributed by atoms with Gasteiger partial charge >= 0.3 is 0 Å². The lowest BCUT2D eigenvalue weighted by atomic mass is 9.74. The second-order valence-corrected chi connectivity index (χ2v) is 16.9. The smallest absolute Gasteiger partial charge is 0.0542 e. The quantitative estimate of drug-likeness (QED) is 0.152. The first-order valence-corrected chi connectivity index (χ1v) is 21.9. The topological polar surface area (TPSA) is 11.4 Å². The summed E-state index contributed by atoms with van der Waals surface area (Å²) < 4.78 is 2.42. The number of anilines is 6. The molecule has 0 saturated carbocycles. The summed E-state index contributed by atoms with van der Waals surface area (Å²) >= 11 is 0. The predicted octanol–water partition coefficient (Wildman–Crippen LogP) is 15.6. The van der Waals surface area contributed by atoms with Crippen molar-refractivity contribution in [3.8, 4) is 16.8 Å². The number of rotatable bonds is 8. The zero-order valence-corrected chi connectivity index (χ0v) is 34.5. The van der Waals surface area contributed by atoms with Crippen molar-refractivity contribution >= 4 is 55.9 Å². The lowest BCUT2D eigenvalue weighted by Crippen LogP contribution is -2.27. The minimum Gasteiger partial charge on any atom is -0.310 e. The van der Waals surface area contributed by atoms with Gasteiger partial charge in [0.25, 0.3) is 0 Å². The molecule has 0 radical (unpaired) electrons. The van der Waals surface area contributed by atoms with Crippen LogP contribution < -0.4 is 9.80 Å². The van der Waals surface area contributed by atoms with Crippen molar-refractivity contribution in [1.82, 2.24) is 4.57 Å². The Morgan fingerprint density at radius 3 is 1.34 bits per heavy atom. The summed E-state index contributed by atoms with van der Waals surface area (Å²) in [6.07, 6.45) is 4.25. The van der Waals surface area contributed by atoms with Crippen LogP contribution in [0.1, 0.15) is 35.1 Å². The van der Waals surface area contributed by atoms with Gasteiger partial charge in [-0.15, -0.1) is 0 Å². The van der Waals surface area contributed by atoms with E-state index in [4.69, 9.17) is 0 Å². The standard InChI is InChI=1S/C59H45N3/c1-6-18-42(19-7-1)45-32-34-53-51(40-45)52-41-50(33-35-54(52)62(53)49-28-14-5-15-29-49)61(48-26-12-4-13-27-48)56-31-17-21-44-37-39-59(58(44)56)38-36-43-20-16-30-55(57(43)59)60(46-22-8-2-9-23-46)47-24-10-3-11-25-47/h1-35,40-41H,36-39H2/t59-/m1/s1. The number of para-hydroxylation sites is 4. The maximum Gasteiger partial charge on any atom is 0.0542 e. The summed E-state index contributed by atoms with van der Waals surface area (Å²) in [6.45, 7) is 0. The average Bonchev–Trinajstić information content (AvgIpc) is 4.02. The Kier molecular flexibility index (Phi) is 8.67. The second kappa shape index (κ2) is 14.8. The van der Waals surface area contributed by atoms with Crippen LogP contribution >= 0.6 is 0 Å². The van der Waals surface area contributed by atoms with Crippen molar-refractivity contribution in [2.45, 2.75) is 31.1 Å². The Balaban J connectivity index is 1.08. The molecule has 296 valence electrons. The molecule has 3 heteroatoms. The third-order valence-corrected chi connectivity index (χ3v) is 13.5. The molecule has 62 heavy (non-hydrogen) atoms. The van der Waals surface area contributed by atoms with Crippen molar-refractivity contribution in [3.05, 3.63) is 247 Å². The van der Waals surface area contributed by atoms with E-state index in [1.165, 1.54) is 77.9 Å². The number of fused-ring (bicyclic) bond motifs is 7. The van der Waals surface area contributed by atoms with Crippen LogP contribution in [-0.2, 0) is 18.3 Å². The van der Waals surface area contributed by atoms with Gasteiger partial charge in [0.15, 0.2) is 0 Å². The van der Waals surface area contributed by atoms with Gasteiger partial charge in [0, 0.05) is 44.6 Å². The van der Waals surface area contributed by atoms with Crippen molar-refractivity contribution in [2.75, 3.05) is 9.80 Å². The van der Waals surface area contributed by atoms with E-state index < -0.39 is 0 Å². The fourth-order valence-corrected chi connectivity index (χ4v) is 10.9. The molecule has 3 nitrogen and oxygen atoms in total. The Morgan fingerprint density at radius 2 is 0.806 bits per heavy atom. The van der Waals surface area contributed by atoms with Gasteiger partial charge in [-0.1, -0.05) is 133 Å². The highest BCUT2D eigenvalue weighted by Crippen LogP contribution is 2.60. The van der Waals surface area contributed by atoms with E-state index in [1.54, 1.807) is 0 Å². The fraction of sp³-hybridized carbons (Fsp3) is 0.0847. The SMILES string of the molecule is c1ccc(-c2ccc3c(c2)c2cc(N(c4ccccc4)c4cccc5c4[C@]4(CCc6cccc(N(c7ccccc7)c7ccccc7)c64)CC5)ccc2n3-c2ccccc2)cc1. The van der Waals surface area contributed by atoms with Gasteiger partial charge in [-0.2, -0.15) is 0 Å². The summed E-state index contributed by atoms with van der Waals surface area (Å²) in [6, 6.07) is 82.5. The minimum atomic E-state index is -0.162. The first-order chi connectivity index (χ1) is 30.7. The zero-order chi connectivity index (χ0) is 41.0. The zero-order valence-electron chi connectivity index (χ0n) is 34.5. The monoisotopic (exact) mass is 795 g/mol. The van der Waals surface area contributed by atoms with E-state index in [0.29, 0.717) is 0 Å². The van der Waals surface area contributed by atoms with Crippen LogP contribution in [-0.4, -0.2) is 4.57 Å². The van der Waals surface area contributed by atoms with Gasteiger partial charge in [0.05, 0.1) is 22.4 Å². The molecule has 0 aliphatic heterocycles. The third-order valence-electron chi connectivity index (χ3n) is 13.5. The highest BCUT2D eigenvalue weighted by molar-refractivity contribution is 6.12. The number of hydrogen-bond acceptors (Lipinski definition) is 2. The number of aromatic nitrogens is 1. The molecule has 10 aromatic rings. The summed E-state index contributed by atoms with van der Waals surface area (Å²) in [5.74, 6) is 0. The maximum atomic E-state index is 2.55. The molecule has 2 aliphatic carbocycles. The second-order valence-electron chi connectivity index (χ2n) is 16.9. The summed E-state index contributed by atoms with van der Waals surface area (Å²) in [5.41, 5.74) is 18.9. The molecule has 1 atom stereocenters. The molecule has 0 bridgehead atoms. The van der Waals surface area contributed by atoms with E-state index in [1.807, 2.05) is 0 Å². The van der Waals surface area contributed by atoms with Crippen LogP contribution in [0, 0.1) is 0 Å². The largest absolute Gasteiger partial charge is 0.310 e. The molecule has 12 rings (SSSR count). The van der Waals surface area contributed by atoms with Crippen LogP contribution in [0.15, 0.2) is 224 Å². The van der Waals surface area contributed by atoms with Crippen molar-refractivity contribution < 1.29 is 0 Å². The predicted molar refractivity (Wildman–Crippen MR) is 259 cm³/mol. The third kappa shape index (κ3) is 5.80. The number of aryl methyl sites for hydroxylation is 2. The van der Waals surface area contributed by atoms with Gasteiger partial charge in [-0.25, -0.2) is 0 Å². The van der Waals surface area contributed by atoms with E-state index in [0.717, 1.165) is 42.7 Å².